The highest BCUT2D eigenvalue weighted by Crippen LogP contribution is 2.23. The van der Waals surface area contributed by atoms with Crippen LogP contribution in [0.25, 0.3) is 0 Å². The van der Waals surface area contributed by atoms with Crippen molar-refractivity contribution in [2.75, 3.05) is 17.6 Å². The van der Waals surface area contributed by atoms with Crippen LogP contribution in [-0.4, -0.2) is 15.5 Å². The lowest BCUT2D eigenvalue weighted by molar-refractivity contribution is 0.385. The Balaban J connectivity index is 2.33. The molecule has 0 radical (unpaired) electrons. The molecule has 0 saturated carbocycles. The topological polar surface area (TPSA) is 81.4 Å². The van der Waals surface area contributed by atoms with E-state index < -0.39 is 15.8 Å². The highest BCUT2D eigenvalue weighted by molar-refractivity contribution is 7.92. The molecule has 0 spiro atoms. The van der Waals surface area contributed by atoms with Crippen molar-refractivity contribution in [1.29, 1.82) is 0 Å². The normalized spacial score (nSPS) is 11.2. The molecule has 0 aliphatic carbocycles. The summed E-state index contributed by atoms with van der Waals surface area (Å²) >= 11 is 0. The summed E-state index contributed by atoms with van der Waals surface area (Å²) in [6.07, 6.45) is 0. The maximum absolute atomic E-state index is 13.6. The van der Waals surface area contributed by atoms with Crippen molar-refractivity contribution in [2.45, 2.75) is 11.8 Å². The smallest absolute Gasteiger partial charge is 0.262 e. The first-order chi connectivity index (χ1) is 9.83. The average Bonchev–Trinajstić information content (AvgIpc) is 2.42. The molecule has 0 unspecified atom stereocenters. The summed E-state index contributed by atoms with van der Waals surface area (Å²) < 4.78 is 45.1. The second kappa shape index (κ2) is 5.61. The number of nitrogen functional groups attached to an aromatic ring is 1. The summed E-state index contributed by atoms with van der Waals surface area (Å²) in [5.41, 5.74) is 7.34. The van der Waals surface area contributed by atoms with Crippen molar-refractivity contribution < 1.29 is 17.5 Å². The fraction of sp³-hybridized carbons (Fsp3) is 0.143. The van der Waals surface area contributed by atoms with Crippen LogP contribution in [0, 0.1) is 12.7 Å². The molecule has 112 valence electrons. The quantitative estimate of drug-likeness (QED) is 0.850. The SMILES string of the molecule is COc1ccc(S(=O)(=O)Nc2ccc(N)c(C)c2)cc1F. The van der Waals surface area contributed by atoms with E-state index in [-0.39, 0.29) is 10.6 Å². The van der Waals surface area contributed by atoms with Crippen LogP contribution in [-0.2, 0) is 10.0 Å². The molecule has 2 aromatic carbocycles. The largest absolute Gasteiger partial charge is 0.494 e. The summed E-state index contributed by atoms with van der Waals surface area (Å²) in [7, 11) is -2.57. The lowest BCUT2D eigenvalue weighted by Crippen LogP contribution is -2.13. The van der Waals surface area contributed by atoms with Crippen molar-refractivity contribution in [3.05, 3.63) is 47.8 Å². The van der Waals surface area contributed by atoms with E-state index in [1.807, 2.05) is 0 Å². The number of hydrogen-bond donors (Lipinski definition) is 2. The maximum atomic E-state index is 13.6. The van der Waals surface area contributed by atoms with E-state index in [0.29, 0.717) is 11.4 Å². The van der Waals surface area contributed by atoms with Crippen molar-refractivity contribution in [3.8, 4) is 5.75 Å². The number of aryl methyl sites for hydroxylation is 1. The summed E-state index contributed by atoms with van der Waals surface area (Å²) in [6.45, 7) is 1.76. The van der Waals surface area contributed by atoms with Gasteiger partial charge in [-0.25, -0.2) is 12.8 Å². The second-order valence-corrected chi connectivity index (χ2v) is 6.16. The number of anilines is 2. The molecule has 21 heavy (non-hydrogen) atoms. The second-order valence-electron chi connectivity index (χ2n) is 4.47. The molecule has 3 N–H and O–H groups in total. The minimum atomic E-state index is -3.88. The van der Waals surface area contributed by atoms with E-state index >= 15 is 0 Å². The highest BCUT2D eigenvalue weighted by Gasteiger charge is 2.17. The van der Waals surface area contributed by atoms with Gasteiger partial charge in [0.05, 0.1) is 12.0 Å². The molecular weight excluding hydrogens is 295 g/mol. The van der Waals surface area contributed by atoms with Gasteiger partial charge in [-0.2, -0.15) is 0 Å². The van der Waals surface area contributed by atoms with Gasteiger partial charge in [-0.3, -0.25) is 4.72 Å². The molecule has 0 aliphatic heterocycles. The zero-order valence-corrected chi connectivity index (χ0v) is 12.4. The monoisotopic (exact) mass is 310 g/mol. The number of methoxy groups -OCH3 is 1. The number of benzene rings is 2. The third-order valence-electron chi connectivity index (χ3n) is 2.96. The first-order valence-corrected chi connectivity index (χ1v) is 7.54. The molecule has 0 heterocycles. The Kier molecular flexibility index (Phi) is 4.04. The van der Waals surface area contributed by atoms with Gasteiger partial charge in [-0.1, -0.05) is 0 Å². The zero-order chi connectivity index (χ0) is 15.6. The van der Waals surface area contributed by atoms with Crippen LogP contribution in [0.1, 0.15) is 5.56 Å². The van der Waals surface area contributed by atoms with E-state index in [4.69, 9.17) is 10.5 Å². The lowest BCUT2D eigenvalue weighted by atomic mass is 10.2. The van der Waals surface area contributed by atoms with E-state index in [0.717, 1.165) is 11.6 Å². The van der Waals surface area contributed by atoms with Gasteiger partial charge in [0.1, 0.15) is 0 Å². The Morgan fingerprint density at radius 1 is 1.19 bits per heavy atom. The minimum absolute atomic E-state index is 0.0164. The Morgan fingerprint density at radius 2 is 1.90 bits per heavy atom. The predicted octanol–water partition coefficient (Wildman–Crippen LogP) is 2.53. The molecule has 0 bridgehead atoms. The molecule has 0 aromatic heterocycles. The van der Waals surface area contributed by atoms with Crippen LogP contribution >= 0.6 is 0 Å². The molecule has 0 saturated heterocycles. The van der Waals surface area contributed by atoms with Crippen LogP contribution < -0.4 is 15.2 Å². The Labute approximate surface area is 122 Å². The van der Waals surface area contributed by atoms with Crippen LogP contribution in [0.15, 0.2) is 41.3 Å². The van der Waals surface area contributed by atoms with Gasteiger partial charge in [-0.05, 0) is 48.9 Å². The number of rotatable bonds is 4. The van der Waals surface area contributed by atoms with E-state index in [9.17, 15) is 12.8 Å². The minimum Gasteiger partial charge on any atom is -0.494 e. The van der Waals surface area contributed by atoms with Crippen LogP contribution in [0.3, 0.4) is 0 Å². The van der Waals surface area contributed by atoms with Gasteiger partial charge in [0.15, 0.2) is 11.6 Å². The molecule has 2 aromatic rings. The summed E-state index contributed by atoms with van der Waals surface area (Å²) in [4.78, 5) is -0.185. The first-order valence-electron chi connectivity index (χ1n) is 6.06. The van der Waals surface area contributed by atoms with Crippen LogP contribution in [0.2, 0.25) is 0 Å². The van der Waals surface area contributed by atoms with Gasteiger partial charge >= 0.3 is 0 Å². The Bertz CT molecular complexity index is 776. The van der Waals surface area contributed by atoms with Gasteiger partial charge in [0.25, 0.3) is 10.0 Å². The average molecular weight is 310 g/mol. The predicted molar refractivity (Wildman–Crippen MR) is 79.4 cm³/mol. The van der Waals surface area contributed by atoms with Crippen molar-refractivity contribution in [3.63, 3.8) is 0 Å². The molecule has 5 nitrogen and oxygen atoms in total. The maximum Gasteiger partial charge on any atom is 0.262 e. The first kappa shape index (κ1) is 15.1. The van der Waals surface area contributed by atoms with Gasteiger partial charge < -0.3 is 10.5 Å². The van der Waals surface area contributed by atoms with E-state index in [1.54, 1.807) is 25.1 Å². The molecule has 0 fully saturated rings. The van der Waals surface area contributed by atoms with Crippen molar-refractivity contribution >= 4 is 21.4 Å². The van der Waals surface area contributed by atoms with Crippen molar-refractivity contribution in [1.82, 2.24) is 0 Å². The van der Waals surface area contributed by atoms with Crippen molar-refractivity contribution in [2.24, 2.45) is 0 Å². The highest BCUT2D eigenvalue weighted by atomic mass is 32.2. The number of hydrogen-bond acceptors (Lipinski definition) is 4. The zero-order valence-electron chi connectivity index (χ0n) is 11.6. The molecule has 7 heteroatoms. The van der Waals surface area contributed by atoms with E-state index in [1.165, 1.54) is 19.2 Å². The fourth-order valence-corrected chi connectivity index (χ4v) is 2.83. The number of nitrogens with two attached hydrogens (primary N) is 1. The molecule has 0 atom stereocenters. The van der Waals surface area contributed by atoms with Gasteiger partial charge in [-0.15, -0.1) is 0 Å². The summed E-state index contributed by atoms with van der Waals surface area (Å²) in [6, 6.07) is 8.19. The van der Waals surface area contributed by atoms with Gasteiger partial charge in [0.2, 0.25) is 0 Å². The number of halogens is 1. The van der Waals surface area contributed by atoms with E-state index in [2.05, 4.69) is 4.72 Å². The summed E-state index contributed by atoms with van der Waals surface area (Å²) in [5.74, 6) is -0.758. The van der Waals surface area contributed by atoms with Crippen LogP contribution in [0.5, 0.6) is 5.75 Å². The third-order valence-corrected chi connectivity index (χ3v) is 4.33. The molecule has 0 aliphatic rings. The molecular formula is C14H15FN2O3S. The van der Waals surface area contributed by atoms with Gasteiger partial charge in [0, 0.05) is 11.4 Å². The molecule has 0 amide bonds. The standard InChI is InChI=1S/C14H15FN2O3S/c1-9-7-10(3-5-13(9)16)17-21(18,19)11-4-6-14(20-2)12(15)8-11/h3-8,17H,16H2,1-2H3. The number of ether oxygens (including phenoxy) is 1. The third kappa shape index (κ3) is 3.25. The fourth-order valence-electron chi connectivity index (χ4n) is 1.77. The Hall–Kier alpha value is -2.28. The Morgan fingerprint density at radius 3 is 2.48 bits per heavy atom. The summed E-state index contributed by atoms with van der Waals surface area (Å²) in [5, 5.41) is 0. The number of sulfonamides is 1. The number of nitrogens with one attached hydrogen (secondary N) is 1. The van der Waals surface area contributed by atoms with Crippen LogP contribution in [0.4, 0.5) is 15.8 Å². The lowest BCUT2D eigenvalue weighted by Gasteiger charge is -2.10. The molecule has 2 rings (SSSR count).